The van der Waals surface area contributed by atoms with Crippen LogP contribution >= 0.6 is 11.5 Å². The molecule has 2 aromatic rings. The molecule has 0 radical (unpaired) electrons. The maximum Gasteiger partial charge on any atom is 0.265 e. The Morgan fingerprint density at radius 2 is 2.32 bits per heavy atom. The molecule has 0 fully saturated rings. The van der Waals surface area contributed by atoms with Gasteiger partial charge in [-0.3, -0.25) is 9.48 Å². The van der Waals surface area contributed by atoms with Crippen molar-refractivity contribution in [3.63, 3.8) is 0 Å². The number of carbonyl (C=O) groups excluding carboxylic acids is 1. The molecule has 0 aromatic carbocycles. The second-order valence-electron chi connectivity index (χ2n) is 4.64. The number of amides is 1. The Bertz CT molecular complexity index is 535. The lowest BCUT2D eigenvalue weighted by Gasteiger charge is -2.21. The molecule has 0 bridgehead atoms. The van der Waals surface area contributed by atoms with Crippen LogP contribution in [0.2, 0.25) is 0 Å². The molecule has 102 valence electrons. The Hall–Kier alpha value is -1.83. The monoisotopic (exact) mass is 280 g/mol. The molecular weight excluding hydrogens is 264 g/mol. The number of nitrogens with zero attached hydrogens (tertiary/aromatic N) is 5. The average molecular weight is 280 g/mol. The molecule has 0 spiro atoms. The average Bonchev–Trinajstić information content (AvgIpc) is 2.99. The van der Waals surface area contributed by atoms with Crippen LogP contribution in [0.4, 0.5) is 0 Å². The van der Waals surface area contributed by atoms with Crippen molar-refractivity contribution < 1.29 is 4.79 Å². The number of aromatic nitrogens is 5. The first-order valence-corrected chi connectivity index (χ1v) is 6.79. The Morgan fingerprint density at radius 3 is 2.84 bits per heavy atom. The highest BCUT2D eigenvalue weighted by molar-refractivity contribution is 7.08. The molecule has 0 saturated carbocycles. The molecule has 19 heavy (non-hydrogen) atoms. The van der Waals surface area contributed by atoms with Gasteiger partial charge in [0.05, 0.1) is 24.5 Å². The van der Waals surface area contributed by atoms with Gasteiger partial charge in [0.1, 0.15) is 4.88 Å². The van der Waals surface area contributed by atoms with E-state index in [1.54, 1.807) is 24.0 Å². The molecule has 0 aliphatic rings. The summed E-state index contributed by atoms with van der Waals surface area (Å²) < 4.78 is 5.48. The minimum atomic E-state index is -0.133. The van der Waals surface area contributed by atoms with E-state index >= 15 is 0 Å². The van der Waals surface area contributed by atoms with Crippen molar-refractivity contribution >= 4 is 17.4 Å². The third-order valence-corrected chi connectivity index (χ3v) is 3.66. The summed E-state index contributed by atoms with van der Waals surface area (Å²) in [4.78, 5) is 12.7. The Balaban J connectivity index is 2.05. The number of carbonyl (C=O) groups is 1. The Labute approximate surface area is 115 Å². The lowest BCUT2D eigenvalue weighted by atomic mass is 10.0. The van der Waals surface area contributed by atoms with Crippen molar-refractivity contribution in [1.82, 2.24) is 29.9 Å². The van der Waals surface area contributed by atoms with Gasteiger partial charge in [0.2, 0.25) is 0 Å². The Kier molecular flexibility index (Phi) is 4.20. The maximum atomic E-state index is 12.1. The van der Waals surface area contributed by atoms with Gasteiger partial charge >= 0.3 is 0 Å². The van der Waals surface area contributed by atoms with Crippen LogP contribution < -0.4 is 5.32 Å². The van der Waals surface area contributed by atoms with E-state index in [2.05, 4.69) is 39.1 Å². The summed E-state index contributed by atoms with van der Waals surface area (Å²) in [7, 11) is 0. The fourth-order valence-electron chi connectivity index (χ4n) is 1.63. The zero-order valence-electron chi connectivity index (χ0n) is 11.1. The summed E-state index contributed by atoms with van der Waals surface area (Å²) in [5, 5.41) is 14.5. The lowest BCUT2D eigenvalue weighted by molar-refractivity contribution is 0.0922. The van der Waals surface area contributed by atoms with Crippen molar-refractivity contribution in [3.8, 4) is 0 Å². The number of rotatable bonds is 5. The van der Waals surface area contributed by atoms with Gasteiger partial charge in [0.15, 0.2) is 0 Å². The first-order chi connectivity index (χ1) is 9.08. The van der Waals surface area contributed by atoms with Crippen LogP contribution in [-0.2, 0) is 6.54 Å². The predicted octanol–water partition coefficient (Wildman–Crippen LogP) is 0.893. The maximum absolute atomic E-state index is 12.1. The molecule has 1 N–H and O–H groups in total. The number of hydrogen-bond donors (Lipinski definition) is 1. The highest BCUT2D eigenvalue weighted by Gasteiger charge is 2.20. The van der Waals surface area contributed by atoms with E-state index in [4.69, 9.17) is 0 Å². The van der Waals surface area contributed by atoms with E-state index in [1.165, 1.54) is 0 Å². The summed E-state index contributed by atoms with van der Waals surface area (Å²) in [6, 6.07) is -0.0179. The van der Waals surface area contributed by atoms with Crippen LogP contribution in [0.15, 0.2) is 12.4 Å². The number of nitrogens with one attached hydrogen (secondary N) is 1. The lowest BCUT2D eigenvalue weighted by Crippen LogP contribution is -2.41. The van der Waals surface area contributed by atoms with E-state index in [9.17, 15) is 4.79 Å². The van der Waals surface area contributed by atoms with E-state index in [0.717, 1.165) is 11.5 Å². The molecule has 0 aliphatic carbocycles. The van der Waals surface area contributed by atoms with Crippen LogP contribution in [-0.4, -0.2) is 36.5 Å². The van der Waals surface area contributed by atoms with Gasteiger partial charge in [-0.15, -0.1) is 10.2 Å². The first kappa shape index (κ1) is 13.6. The summed E-state index contributed by atoms with van der Waals surface area (Å²) >= 11 is 1.11. The highest BCUT2D eigenvalue weighted by Crippen LogP contribution is 2.11. The zero-order chi connectivity index (χ0) is 13.8. The summed E-state index contributed by atoms with van der Waals surface area (Å²) in [5.41, 5.74) is 0.658. The van der Waals surface area contributed by atoms with Crippen molar-refractivity contribution in [2.24, 2.45) is 5.92 Å². The van der Waals surface area contributed by atoms with Crippen LogP contribution in [0.5, 0.6) is 0 Å². The van der Waals surface area contributed by atoms with Crippen LogP contribution in [0.3, 0.4) is 0 Å². The molecule has 0 saturated heterocycles. The second kappa shape index (κ2) is 5.87. The van der Waals surface area contributed by atoms with E-state index in [1.807, 2.05) is 0 Å². The molecular formula is C11H16N6OS. The predicted molar refractivity (Wildman–Crippen MR) is 70.8 cm³/mol. The van der Waals surface area contributed by atoms with Crippen molar-refractivity contribution in [1.29, 1.82) is 0 Å². The van der Waals surface area contributed by atoms with Gasteiger partial charge in [-0.05, 0) is 24.4 Å². The zero-order valence-corrected chi connectivity index (χ0v) is 11.9. The van der Waals surface area contributed by atoms with Gasteiger partial charge in [-0.25, -0.2) is 0 Å². The minimum Gasteiger partial charge on any atom is -0.346 e. The SMILES string of the molecule is Cc1nnsc1C(=O)N[C@@H](Cn1ccnn1)C(C)C. The normalized spacial score (nSPS) is 12.6. The fraction of sp³-hybridized carbons (Fsp3) is 0.545. The molecule has 7 nitrogen and oxygen atoms in total. The van der Waals surface area contributed by atoms with Crippen molar-refractivity contribution in [2.75, 3.05) is 0 Å². The molecule has 8 heteroatoms. The molecule has 2 aromatic heterocycles. The summed E-state index contributed by atoms with van der Waals surface area (Å²) in [6.45, 7) is 6.48. The molecule has 2 rings (SSSR count). The topological polar surface area (TPSA) is 85.6 Å². The van der Waals surface area contributed by atoms with Crippen LogP contribution in [0.25, 0.3) is 0 Å². The number of aryl methyl sites for hydroxylation is 1. The molecule has 0 unspecified atom stereocenters. The van der Waals surface area contributed by atoms with Gasteiger partial charge in [0, 0.05) is 6.20 Å². The fourth-order valence-corrected chi connectivity index (χ4v) is 2.19. The molecule has 1 amide bonds. The van der Waals surface area contributed by atoms with Crippen LogP contribution in [0.1, 0.15) is 29.2 Å². The first-order valence-electron chi connectivity index (χ1n) is 6.02. The third kappa shape index (κ3) is 3.34. The standard InChI is InChI=1S/C11H16N6OS/c1-7(2)9(6-17-5-4-12-15-17)13-11(18)10-8(3)14-16-19-10/h4-5,7,9H,6H2,1-3H3,(H,13,18)/t9-/m0/s1. The summed E-state index contributed by atoms with van der Waals surface area (Å²) in [5.74, 6) is 0.153. The van der Waals surface area contributed by atoms with Gasteiger partial charge in [-0.2, -0.15) is 0 Å². The second-order valence-corrected chi connectivity index (χ2v) is 5.39. The van der Waals surface area contributed by atoms with Gasteiger partial charge in [0.25, 0.3) is 5.91 Å². The third-order valence-electron chi connectivity index (χ3n) is 2.83. The van der Waals surface area contributed by atoms with Gasteiger partial charge in [-0.1, -0.05) is 23.5 Å². The molecule has 0 aliphatic heterocycles. The highest BCUT2D eigenvalue weighted by atomic mass is 32.1. The molecule has 2 heterocycles. The van der Waals surface area contributed by atoms with E-state index in [-0.39, 0.29) is 17.9 Å². The van der Waals surface area contributed by atoms with Gasteiger partial charge < -0.3 is 5.32 Å². The van der Waals surface area contributed by atoms with Crippen molar-refractivity contribution in [3.05, 3.63) is 23.0 Å². The van der Waals surface area contributed by atoms with E-state index < -0.39 is 0 Å². The smallest absolute Gasteiger partial charge is 0.265 e. The summed E-state index contributed by atoms with van der Waals surface area (Å²) in [6.07, 6.45) is 3.40. The van der Waals surface area contributed by atoms with Crippen molar-refractivity contribution in [2.45, 2.75) is 33.4 Å². The molecule has 1 atom stereocenters. The quantitative estimate of drug-likeness (QED) is 0.879. The van der Waals surface area contributed by atoms with E-state index in [0.29, 0.717) is 17.1 Å². The Morgan fingerprint density at radius 1 is 1.53 bits per heavy atom. The minimum absolute atomic E-state index is 0.0179. The number of hydrogen-bond acceptors (Lipinski definition) is 6. The largest absolute Gasteiger partial charge is 0.346 e. The van der Waals surface area contributed by atoms with Crippen LogP contribution in [0, 0.1) is 12.8 Å².